The van der Waals surface area contributed by atoms with E-state index < -0.39 is 0 Å². The molecule has 52 valence electrons. The summed E-state index contributed by atoms with van der Waals surface area (Å²) < 4.78 is 10.0. The predicted octanol–water partition coefficient (Wildman–Crippen LogP) is 1.31. The molecule has 0 aromatic carbocycles. The van der Waals surface area contributed by atoms with Crippen molar-refractivity contribution in [2.24, 2.45) is 0 Å². The fourth-order valence-corrected chi connectivity index (χ4v) is 1.18. The van der Waals surface area contributed by atoms with Gasteiger partial charge in [-0.2, -0.15) is 0 Å². The van der Waals surface area contributed by atoms with Gasteiger partial charge in [0.05, 0.1) is 5.38 Å². The summed E-state index contributed by atoms with van der Waals surface area (Å²) in [6.07, 6.45) is 0.782. The Morgan fingerprint density at radius 2 is 2.11 bits per heavy atom. The van der Waals surface area contributed by atoms with Gasteiger partial charge in [-0.05, 0) is 0 Å². The highest BCUT2D eigenvalue weighted by atomic mass is 35.5. The summed E-state index contributed by atoms with van der Waals surface area (Å²) in [4.78, 5) is 0. The van der Waals surface area contributed by atoms with E-state index >= 15 is 0 Å². The maximum Gasteiger partial charge on any atom is 0.227 e. The van der Waals surface area contributed by atoms with Crippen molar-refractivity contribution in [2.45, 2.75) is 23.9 Å². The molecule has 2 heterocycles. The summed E-state index contributed by atoms with van der Waals surface area (Å²) in [6, 6.07) is 0. The van der Waals surface area contributed by atoms with Crippen LogP contribution in [0, 0.1) is 0 Å². The van der Waals surface area contributed by atoms with Gasteiger partial charge in [-0.3, -0.25) is 0 Å². The van der Waals surface area contributed by atoms with Gasteiger partial charge in [0, 0.05) is 12.3 Å². The lowest BCUT2D eigenvalue weighted by atomic mass is 10.2. The van der Waals surface area contributed by atoms with Gasteiger partial charge in [0.15, 0.2) is 0 Å². The van der Waals surface area contributed by atoms with Crippen LogP contribution in [0.5, 0.6) is 0 Å². The van der Waals surface area contributed by atoms with Crippen molar-refractivity contribution in [3.63, 3.8) is 0 Å². The average molecular weight is 169 g/mol. The molecule has 0 spiro atoms. The van der Waals surface area contributed by atoms with Gasteiger partial charge in [0.25, 0.3) is 0 Å². The molecule has 0 N–H and O–H groups in total. The highest BCUT2D eigenvalue weighted by molar-refractivity contribution is 6.28. The molecule has 0 aromatic rings. The molecule has 0 saturated carbocycles. The van der Waals surface area contributed by atoms with Crippen molar-refractivity contribution in [2.75, 3.05) is 5.88 Å². The van der Waals surface area contributed by atoms with Crippen LogP contribution in [0.1, 0.15) is 6.42 Å². The van der Waals surface area contributed by atoms with Gasteiger partial charge in [-0.1, -0.05) is 0 Å². The van der Waals surface area contributed by atoms with Crippen LogP contribution in [-0.2, 0) is 9.47 Å². The molecule has 1 unspecified atom stereocenters. The number of halogens is 2. The number of ether oxygens (including phenoxy) is 2. The summed E-state index contributed by atoms with van der Waals surface area (Å²) >= 11 is 11.2. The highest BCUT2D eigenvalue weighted by Gasteiger charge is 2.77. The molecule has 0 bridgehead atoms. The molecule has 0 radical (unpaired) electrons. The lowest BCUT2D eigenvalue weighted by molar-refractivity contribution is -0.0530. The van der Waals surface area contributed by atoms with E-state index in [1.807, 2.05) is 0 Å². The summed E-state index contributed by atoms with van der Waals surface area (Å²) in [5.74, 6) is 0.185. The largest absolute Gasteiger partial charge is 0.310 e. The molecular formula is C5H6Cl2O2. The lowest BCUT2D eigenvalue weighted by Crippen LogP contribution is -2.10. The van der Waals surface area contributed by atoms with Crippen LogP contribution in [-0.4, -0.2) is 23.3 Å². The fraction of sp³-hybridized carbons (Fsp3) is 1.00. The maximum absolute atomic E-state index is 5.72. The van der Waals surface area contributed by atoms with E-state index in [2.05, 4.69) is 0 Å². The third kappa shape index (κ3) is 0.944. The predicted molar refractivity (Wildman–Crippen MR) is 33.7 cm³/mol. The SMILES string of the molecule is ClCC(Cl)CC12OC1O2. The van der Waals surface area contributed by atoms with Crippen molar-refractivity contribution >= 4 is 23.2 Å². The van der Waals surface area contributed by atoms with E-state index in [1.54, 1.807) is 0 Å². The first-order valence-electron chi connectivity index (χ1n) is 2.82. The van der Waals surface area contributed by atoms with E-state index in [9.17, 15) is 0 Å². The van der Waals surface area contributed by atoms with Gasteiger partial charge in [-0.15, -0.1) is 23.2 Å². The zero-order valence-electron chi connectivity index (χ0n) is 4.64. The number of fused-ring (bicyclic) bond motifs is 1. The van der Waals surface area contributed by atoms with Crippen molar-refractivity contribution in [1.29, 1.82) is 0 Å². The molecule has 2 rings (SSSR count). The number of alkyl halides is 2. The maximum atomic E-state index is 5.72. The first kappa shape index (κ1) is 6.23. The molecule has 2 nitrogen and oxygen atoms in total. The average Bonchev–Trinajstić information content (AvgIpc) is 2.54. The van der Waals surface area contributed by atoms with Gasteiger partial charge < -0.3 is 9.47 Å². The van der Waals surface area contributed by atoms with Crippen LogP contribution in [0.4, 0.5) is 0 Å². The van der Waals surface area contributed by atoms with E-state index in [0.29, 0.717) is 5.88 Å². The van der Waals surface area contributed by atoms with Crippen molar-refractivity contribution < 1.29 is 9.47 Å². The summed E-state index contributed by atoms with van der Waals surface area (Å²) in [6.45, 7) is 0. The van der Waals surface area contributed by atoms with Crippen LogP contribution in [0.3, 0.4) is 0 Å². The van der Waals surface area contributed by atoms with E-state index in [-0.39, 0.29) is 17.5 Å². The topological polar surface area (TPSA) is 25.1 Å². The molecule has 0 amide bonds. The Balaban J connectivity index is 1.77. The Kier molecular flexibility index (Phi) is 1.21. The van der Waals surface area contributed by atoms with Gasteiger partial charge >= 0.3 is 0 Å². The number of hydrogen-bond acceptors (Lipinski definition) is 2. The molecule has 2 saturated heterocycles. The zero-order valence-corrected chi connectivity index (χ0v) is 6.15. The van der Waals surface area contributed by atoms with E-state index in [0.717, 1.165) is 6.42 Å². The summed E-state index contributed by atoms with van der Waals surface area (Å²) in [5, 5.41) is -0.0147. The quantitative estimate of drug-likeness (QED) is 0.470. The standard InChI is InChI=1S/C5H6Cl2O2/c6-2-3(7)1-5-4(8-5)9-5/h3-4H,1-2H2. The number of epoxide rings is 2. The first-order valence-corrected chi connectivity index (χ1v) is 3.79. The third-order valence-electron chi connectivity index (χ3n) is 1.53. The molecule has 0 aliphatic carbocycles. The van der Waals surface area contributed by atoms with Crippen LogP contribution in [0.15, 0.2) is 0 Å². The Morgan fingerprint density at radius 3 is 2.44 bits per heavy atom. The van der Waals surface area contributed by atoms with Gasteiger partial charge in [-0.25, -0.2) is 0 Å². The smallest absolute Gasteiger partial charge is 0.227 e. The minimum Gasteiger partial charge on any atom is -0.310 e. The second-order valence-electron chi connectivity index (χ2n) is 2.34. The zero-order chi connectivity index (χ0) is 6.48. The normalized spacial score (nSPS) is 48.0. The fourth-order valence-electron chi connectivity index (χ4n) is 0.859. The summed E-state index contributed by atoms with van der Waals surface area (Å²) in [7, 11) is 0. The van der Waals surface area contributed by atoms with Gasteiger partial charge in [0.2, 0.25) is 12.1 Å². The Bertz CT molecular complexity index is 133. The molecule has 2 aliphatic rings. The second kappa shape index (κ2) is 1.76. The minimum atomic E-state index is -0.276. The molecule has 4 heteroatoms. The second-order valence-corrected chi connectivity index (χ2v) is 3.26. The van der Waals surface area contributed by atoms with Crippen LogP contribution in [0.25, 0.3) is 0 Å². The molecule has 1 atom stereocenters. The molecule has 2 fully saturated rings. The lowest BCUT2D eigenvalue weighted by Gasteiger charge is -2.02. The van der Waals surface area contributed by atoms with E-state index in [1.165, 1.54) is 0 Å². The van der Waals surface area contributed by atoms with Gasteiger partial charge in [0.1, 0.15) is 0 Å². The first-order chi connectivity index (χ1) is 4.27. The minimum absolute atomic E-state index is 0.0147. The van der Waals surface area contributed by atoms with Crippen molar-refractivity contribution in [3.05, 3.63) is 0 Å². The molecule has 2 aliphatic heterocycles. The highest BCUT2D eigenvalue weighted by Crippen LogP contribution is 2.59. The third-order valence-corrected chi connectivity index (χ3v) is 2.37. The number of rotatable bonds is 3. The van der Waals surface area contributed by atoms with Crippen LogP contribution in [0.2, 0.25) is 0 Å². The molecule has 0 aromatic heterocycles. The number of hydrogen-bond donors (Lipinski definition) is 0. The summed E-state index contributed by atoms with van der Waals surface area (Å²) in [5.41, 5.74) is 0. The molecular weight excluding hydrogens is 163 g/mol. The van der Waals surface area contributed by atoms with Crippen molar-refractivity contribution in [3.8, 4) is 0 Å². The van der Waals surface area contributed by atoms with Crippen molar-refractivity contribution in [1.82, 2.24) is 0 Å². The molecule has 9 heavy (non-hydrogen) atoms. The van der Waals surface area contributed by atoms with E-state index in [4.69, 9.17) is 32.7 Å². The monoisotopic (exact) mass is 168 g/mol. The Morgan fingerprint density at radius 1 is 1.56 bits per heavy atom. The van der Waals surface area contributed by atoms with Crippen LogP contribution >= 0.6 is 23.2 Å². The van der Waals surface area contributed by atoms with Crippen LogP contribution < -0.4 is 0 Å². The Hall–Kier alpha value is 0.500. The Labute approximate surface area is 63.0 Å².